The number of carbonyl (C=O) groups is 1. The maximum Gasteiger partial charge on any atom is 0.410 e. The number of ether oxygens (including phenoxy) is 1. The highest BCUT2D eigenvalue weighted by Crippen LogP contribution is 2.36. The van der Waals surface area contributed by atoms with E-state index in [1.54, 1.807) is 23.2 Å². The Balaban J connectivity index is 1.60. The summed E-state index contributed by atoms with van der Waals surface area (Å²) in [5.41, 5.74) is 3.34. The number of hydrogen-bond donors (Lipinski definition) is 1. The summed E-state index contributed by atoms with van der Waals surface area (Å²) < 4.78 is 32.5. The highest BCUT2D eigenvalue weighted by molar-refractivity contribution is 6.29. The Bertz CT molecular complexity index is 1150. The molecule has 0 spiro atoms. The molecule has 8 heteroatoms. The number of aromatic nitrogens is 2. The zero-order valence-electron chi connectivity index (χ0n) is 19.0. The van der Waals surface area contributed by atoms with Gasteiger partial charge in [0.15, 0.2) is 0 Å². The second-order valence-corrected chi connectivity index (χ2v) is 9.87. The standard InChI is InChI=1S/C25H28ClF2N3O2/c1-25(2,3)33-24(32)31-10-7-15(8-11-31)16-4-5-20-18(12-16)19(14-22(27)28)23(30-20)17-6-9-29-21(26)13-17/h4-6,9,12-13,15,22,30H,7-8,10-11,14H2,1-3H3. The number of aromatic amines is 1. The van der Waals surface area contributed by atoms with Crippen LogP contribution in [0.5, 0.6) is 0 Å². The van der Waals surface area contributed by atoms with Gasteiger partial charge in [0.25, 0.3) is 0 Å². The van der Waals surface area contributed by atoms with E-state index in [4.69, 9.17) is 16.3 Å². The summed E-state index contributed by atoms with van der Waals surface area (Å²) in [6, 6.07) is 9.45. The Hall–Kier alpha value is -2.67. The van der Waals surface area contributed by atoms with Crippen molar-refractivity contribution in [2.75, 3.05) is 13.1 Å². The molecule has 5 nitrogen and oxygen atoms in total. The van der Waals surface area contributed by atoms with Crippen molar-refractivity contribution in [2.24, 2.45) is 0 Å². The van der Waals surface area contributed by atoms with Gasteiger partial charge in [-0.2, -0.15) is 0 Å². The van der Waals surface area contributed by atoms with E-state index in [0.29, 0.717) is 29.5 Å². The molecule has 33 heavy (non-hydrogen) atoms. The molecule has 1 aliphatic rings. The lowest BCUT2D eigenvalue weighted by molar-refractivity contribution is 0.0205. The number of hydrogen-bond acceptors (Lipinski definition) is 3. The minimum atomic E-state index is -2.47. The molecule has 1 amide bonds. The van der Waals surface area contributed by atoms with E-state index in [0.717, 1.165) is 34.9 Å². The largest absolute Gasteiger partial charge is 0.444 e. The fourth-order valence-corrected chi connectivity index (χ4v) is 4.59. The second-order valence-electron chi connectivity index (χ2n) is 9.49. The summed E-state index contributed by atoms with van der Waals surface area (Å²) in [4.78, 5) is 21.4. The van der Waals surface area contributed by atoms with Crippen molar-refractivity contribution in [1.29, 1.82) is 0 Å². The number of benzene rings is 1. The number of alkyl halides is 2. The van der Waals surface area contributed by atoms with Gasteiger partial charge in [-0.15, -0.1) is 0 Å². The van der Waals surface area contributed by atoms with Crippen LogP contribution in [-0.2, 0) is 11.2 Å². The smallest absolute Gasteiger partial charge is 0.410 e. The number of H-pyrrole nitrogens is 1. The van der Waals surface area contributed by atoms with E-state index in [1.807, 2.05) is 39.0 Å². The summed E-state index contributed by atoms with van der Waals surface area (Å²) >= 11 is 6.04. The summed E-state index contributed by atoms with van der Waals surface area (Å²) in [6.07, 6.45) is 0.0515. The van der Waals surface area contributed by atoms with Crippen LogP contribution < -0.4 is 0 Å². The molecule has 0 unspecified atom stereocenters. The Morgan fingerprint density at radius 3 is 2.61 bits per heavy atom. The number of pyridine rings is 1. The number of rotatable bonds is 4. The number of amides is 1. The van der Waals surface area contributed by atoms with Crippen LogP contribution in [0.1, 0.15) is 50.7 Å². The third kappa shape index (κ3) is 5.46. The average molecular weight is 476 g/mol. The quantitative estimate of drug-likeness (QED) is 0.422. The Morgan fingerprint density at radius 2 is 1.97 bits per heavy atom. The maximum atomic E-state index is 13.5. The number of nitrogens with zero attached hydrogens (tertiary/aromatic N) is 2. The molecular formula is C25H28ClF2N3O2. The number of likely N-dealkylation sites (tertiary alicyclic amines) is 1. The molecule has 0 atom stereocenters. The number of halogens is 3. The van der Waals surface area contributed by atoms with Gasteiger partial charge in [-0.05, 0) is 74.9 Å². The van der Waals surface area contributed by atoms with E-state index < -0.39 is 12.0 Å². The molecule has 0 radical (unpaired) electrons. The van der Waals surface area contributed by atoms with Crippen molar-refractivity contribution in [3.05, 3.63) is 52.8 Å². The van der Waals surface area contributed by atoms with Gasteiger partial charge in [0.2, 0.25) is 6.43 Å². The van der Waals surface area contributed by atoms with Gasteiger partial charge >= 0.3 is 6.09 Å². The number of piperidine rings is 1. The molecule has 0 bridgehead atoms. The van der Waals surface area contributed by atoms with Gasteiger partial charge in [-0.25, -0.2) is 18.6 Å². The first-order chi connectivity index (χ1) is 15.6. The fraction of sp³-hybridized carbons (Fsp3) is 0.440. The zero-order valence-corrected chi connectivity index (χ0v) is 19.8. The average Bonchev–Trinajstić information content (AvgIpc) is 3.10. The summed E-state index contributed by atoms with van der Waals surface area (Å²) in [6.45, 7) is 6.78. The van der Waals surface area contributed by atoms with Gasteiger partial charge in [0.1, 0.15) is 10.8 Å². The topological polar surface area (TPSA) is 58.2 Å². The van der Waals surface area contributed by atoms with Crippen molar-refractivity contribution in [3.63, 3.8) is 0 Å². The van der Waals surface area contributed by atoms with Gasteiger partial charge in [0, 0.05) is 42.2 Å². The first kappa shape index (κ1) is 23.5. The van der Waals surface area contributed by atoms with Crippen molar-refractivity contribution in [1.82, 2.24) is 14.9 Å². The monoisotopic (exact) mass is 475 g/mol. The highest BCUT2D eigenvalue weighted by atomic mass is 35.5. The van der Waals surface area contributed by atoms with Crippen LogP contribution in [0.25, 0.3) is 22.2 Å². The van der Waals surface area contributed by atoms with E-state index >= 15 is 0 Å². The normalized spacial score (nSPS) is 15.4. The van der Waals surface area contributed by atoms with Crippen LogP contribution in [0.15, 0.2) is 36.5 Å². The van der Waals surface area contributed by atoms with Crippen LogP contribution in [0.2, 0.25) is 5.15 Å². The lowest BCUT2D eigenvalue weighted by atomic mass is 9.88. The van der Waals surface area contributed by atoms with Crippen LogP contribution >= 0.6 is 11.6 Å². The number of fused-ring (bicyclic) bond motifs is 1. The molecule has 3 aromatic rings. The van der Waals surface area contributed by atoms with E-state index in [1.165, 1.54) is 0 Å². The first-order valence-electron chi connectivity index (χ1n) is 11.1. The van der Waals surface area contributed by atoms with Crippen molar-refractivity contribution < 1.29 is 18.3 Å². The zero-order chi connectivity index (χ0) is 23.8. The van der Waals surface area contributed by atoms with Crippen LogP contribution in [0, 0.1) is 0 Å². The molecule has 176 valence electrons. The SMILES string of the molecule is CC(C)(C)OC(=O)N1CCC(c2ccc3[nH]c(-c4ccnc(Cl)c4)c(CC(F)F)c3c2)CC1. The third-order valence-corrected chi connectivity index (χ3v) is 6.13. The lowest BCUT2D eigenvalue weighted by Gasteiger charge is -2.33. The predicted molar refractivity (Wildman–Crippen MR) is 126 cm³/mol. The van der Waals surface area contributed by atoms with Gasteiger partial charge in [0.05, 0.1) is 5.69 Å². The van der Waals surface area contributed by atoms with E-state index in [-0.39, 0.29) is 18.4 Å². The number of carbonyl (C=O) groups excluding carboxylic acids is 1. The number of nitrogens with one attached hydrogen (secondary N) is 1. The van der Waals surface area contributed by atoms with Crippen molar-refractivity contribution in [3.8, 4) is 11.3 Å². The highest BCUT2D eigenvalue weighted by Gasteiger charge is 2.28. The van der Waals surface area contributed by atoms with Gasteiger partial charge in [-0.3, -0.25) is 0 Å². The van der Waals surface area contributed by atoms with Gasteiger partial charge < -0.3 is 14.6 Å². The summed E-state index contributed by atoms with van der Waals surface area (Å²) in [5.74, 6) is 0.251. The second kappa shape index (κ2) is 9.29. The molecule has 1 fully saturated rings. The molecule has 1 aromatic carbocycles. The molecule has 1 N–H and O–H groups in total. The third-order valence-electron chi connectivity index (χ3n) is 5.92. The summed E-state index contributed by atoms with van der Waals surface area (Å²) in [7, 11) is 0. The summed E-state index contributed by atoms with van der Waals surface area (Å²) in [5, 5.41) is 1.11. The molecule has 0 saturated carbocycles. The minimum Gasteiger partial charge on any atom is -0.444 e. The Labute approximate surface area is 197 Å². The first-order valence-corrected chi connectivity index (χ1v) is 11.5. The molecule has 2 aromatic heterocycles. The van der Waals surface area contributed by atoms with Gasteiger partial charge in [-0.1, -0.05) is 17.7 Å². The molecule has 3 heterocycles. The fourth-order valence-electron chi connectivity index (χ4n) is 4.41. The predicted octanol–water partition coefficient (Wildman–Crippen LogP) is 6.81. The molecular weight excluding hydrogens is 448 g/mol. The molecule has 0 aliphatic carbocycles. The van der Waals surface area contributed by atoms with Crippen LogP contribution in [0.4, 0.5) is 13.6 Å². The van der Waals surface area contributed by atoms with E-state index in [2.05, 4.69) is 9.97 Å². The lowest BCUT2D eigenvalue weighted by Crippen LogP contribution is -2.41. The Kier molecular flexibility index (Phi) is 6.61. The van der Waals surface area contributed by atoms with Crippen molar-refractivity contribution >= 4 is 28.6 Å². The molecule has 1 saturated heterocycles. The minimum absolute atomic E-state index is 0.251. The van der Waals surface area contributed by atoms with Crippen LogP contribution in [-0.4, -0.2) is 46.1 Å². The van der Waals surface area contributed by atoms with Crippen molar-refractivity contribution in [2.45, 2.75) is 58.0 Å². The van der Waals surface area contributed by atoms with Crippen LogP contribution in [0.3, 0.4) is 0 Å². The molecule has 4 rings (SSSR count). The Morgan fingerprint density at radius 1 is 1.24 bits per heavy atom. The van der Waals surface area contributed by atoms with E-state index in [9.17, 15) is 13.6 Å². The maximum absolute atomic E-state index is 13.5. The molecule has 1 aliphatic heterocycles.